The van der Waals surface area contributed by atoms with E-state index < -0.39 is 5.25 Å². The first kappa shape index (κ1) is 22.5. The normalized spacial score (nSPS) is 11.8. The standard InChI is InChI=1S/C26H22N6O2S/c1-17(25(33)29-23-7-3-6-22-21(23)5-4-14-28-22)35-26-31-30-24(18-12-15-27-16-13-18)32(26)19-8-10-20(34-2)11-9-19/h3-17H,1-2H3,(H,29,33). The summed E-state index contributed by atoms with van der Waals surface area (Å²) in [7, 11) is 1.63. The highest BCUT2D eigenvalue weighted by Crippen LogP contribution is 2.31. The summed E-state index contributed by atoms with van der Waals surface area (Å²) in [6.45, 7) is 1.85. The molecule has 8 nitrogen and oxygen atoms in total. The number of carbonyl (C=O) groups excluding carboxylic acids is 1. The minimum Gasteiger partial charge on any atom is -0.497 e. The van der Waals surface area contributed by atoms with Gasteiger partial charge >= 0.3 is 0 Å². The Hall–Kier alpha value is -4.24. The molecule has 0 radical (unpaired) electrons. The SMILES string of the molecule is COc1ccc(-n2c(SC(C)C(=O)Nc3cccc4ncccc34)nnc2-c2ccncc2)cc1. The Kier molecular flexibility index (Phi) is 6.40. The molecule has 3 heterocycles. The molecule has 2 aromatic carbocycles. The maximum Gasteiger partial charge on any atom is 0.237 e. The number of carbonyl (C=O) groups is 1. The van der Waals surface area contributed by atoms with Crippen LogP contribution in [-0.4, -0.2) is 43.0 Å². The minimum atomic E-state index is -0.437. The van der Waals surface area contributed by atoms with Gasteiger partial charge in [-0.15, -0.1) is 10.2 Å². The summed E-state index contributed by atoms with van der Waals surface area (Å²) in [5.74, 6) is 1.27. The van der Waals surface area contributed by atoms with Crippen LogP contribution >= 0.6 is 11.8 Å². The Morgan fingerprint density at radius 2 is 1.77 bits per heavy atom. The van der Waals surface area contributed by atoms with Gasteiger partial charge in [-0.25, -0.2) is 0 Å². The van der Waals surface area contributed by atoms with Crippen LogP contribution in [0.5, 0.6) is 5.75 Å². The summed E-state index contributed by atoms with van der Waals surface area (Å²) in [5.41, 5.74) is 3.28. The fraction of sp³-hybridized carbons (Fsp3) is 0.115. The molecule has 0 aliphatic carbocycles. The number of fused-ring (bicyclic) bond motifs is 1. The van der Waals surface area contributed by atoms with Gasteiger partial charge in [0.1, 0.15) is 5.75 Å². The van der Waals surface area contributed by atoms with Crippen molar-refractivity contribution < 1.29 is 9.53 Å². The van der Waals surface area contributed by atoms with Gasteiger partial charge in [-0.2, -0.15) is 0 Å². The highest BCUT2D eigenvalue weighted by atomic mass is 32.2. The van der Waals surface area contributed by atoms with Crippen molar-refractivity contribution in [2.45, 2.75) is 17.3 Å². The van der Waals surface area contributed by atoms with Gasteiger partial charge in [-0.3, -0.25) is 19.3 Å². The van der Waals surface area contributed by atoms with E-state index in [9.17, 15) is 4.79 Å². The van der Waals surface area contributed by atoms with Crippen molar-refractivity contribution in [2.24, 2.45) is 0 Å². The van der Waals surface area contributed by atoms with E-state index in [-0.39, 0.29) is 5.91 Å². The predicted octanol–water partition coefficient (Wildman–Crippen LogP) is 5.01. The van der Waals surface area contributed by atoms with Crippen LogP contribution in [-0.2, 0) is 4.79 Å². The summed E-state index contributed by atoms with van der Waals surface area (Å²) in [6.07, 6.45) is 5.16. The number of nitrogens with zero attached hydrogens (tertiary/aromatic N) is 5. The van der Waals surface area contributed by atoms with Crippen molar-refractivity contribution in [3.05, 3.63) is 85.3 Å². The first-order valence-electron chi connectivity index (χ1n) is 11.0. The van der Waals surface area contributed by atoms with E-state index in [1.165, 1.54) is 11.8 Å². The molecule has 3 aromatic heterocycles. The molecule has 0 saturated heterocycles. The summed E-state index contributed by atoms with van der Waals surface area (Å²) in [4.78, 5) is 21.6. The number of ether oxygens (including phenoxy) is 1. The first-order chi connectivity index (χ1) is 17.1. The van der Waals surface area contributed by atoms with Crippen LogP contribution < -0.4 is 10.1 Å². The van der Waals surface area contributed by atoms with E-state index in [0.717, 1.165) is 33.6 Å². The average Bonchev–Trinajstić information content (AvgIpc) is 3.32. The van der Waals surface area contributed by atoms with Crippen LogP contribution in [0, 0.1) is 0 Å². The Balaban J connectivity index is 1.45. The lowest BCUT2D eigenvalue weighted by Crippen LogP contribution is -2.23. The number of nitrogens with one attached hydrogen (secondary N) is 1. The number of rotatable bonds is 7. The summed E-state index contributed by atoms with van der Waals surface area (Å²) >= 11 is 1.34. The van der Waals surface area contributed by atoms with Gasteiger partial charge < -0.3 is 10.1 Å². The van der Waals surface area contributed by atoms with E-state index in [1.807, 2.05) is 78.2 Å². The Morgan fingerprint density at radius 1 is 0.971 bits per heavy atom. The van der Waals surface area contributed by atoms with Crippen LogP contribution in [0.3, 0.4) is 0 Å². The summed E-state index contributed by atoms with van der Waals surface area (Å²) in [6, 6.07) is 20.9. The molecule has 5 aromatic rings. The van der Waals surface area contributed by atoms with E-state index >= 15 is 0 Å². The number of thioether (sulfide) groups is 1. The van der Waals surface area contributed by atoms with Crippen molar-refractivity contribution in [1.29, 1.82) is 0 Å². The zero-order chi connectivity index (χ0) is 24.2. The molecule has 0 spiro atoms. The topological polar surface area (TPSA) is 94.8 Å². The predicted molar refractivity (Wildman–Crippen MR) is 137 cm³/mol. The Bertz CT molecular complexity index is 1470. The quantitative estimate of drug-likeness (QED) is 0.326. The van der Waals surface area contributed by atoms with Crippen molar-refractivity contribution in [3.63, 3.8) is 0 Å². The summed E-state index contributed by atoms with van der Waals surface area (Å²) < 4.78 is 7.24. The van der Waals surface area contributed by atoms with E-state index in [4.69, 9.17) is 4.74 Å². The van der Waals surface area contributed by atoms with E-state index in [0.29, 0.717) is 11.0 Å². The second-order valence-electron chi connectivity index (χ2n) is 7.70. The van der Waals surface area contributed by atoms with Gasteiger partial charge in [0.15, 0.2) is 11.0 Å². The molecule has 1 N–H and O–H groups in total. The first-order valence-corrected chi connectivity index (χ1v) is 11.8. The molecule has 0 aliphatic heterocycles. The van der Waals surface area contributed by atoms with Gasteiger partial charge in [0.25, 0.3) is 0 Å². The highest BCUT2D eigenvalue weighted by Gasteiger charge is 2.22. The molecule has 5 rings (SSSR count). The lowest BCUT2D eigenvalue weighted by molar-refractivity contribution is -0.115. The van der Waals surface area contributed by atoms with Crippen LogP contribution in [0.2, 0.25) is 0 Å². The molecule has 0 bridgehead atoms. The largest absolute Gasteiger partial charge is 0.497 e. The number of amides is 1. The third-order valence-corrected chi connectivity index (χ3v) is 6.50. The minimum absolute atomic E-state index is 0.138. The van der Waals surface area contributed by atoms with Crippen molar-refractivity contribution in [1.82, 2.24) is 24.7 Å². The van der Waals surface area contributed by atoms with Crippen LogP contribution in [0.4, 0.5) is 5.69 Å². The molecular weight excluding hydrogens is 460 g/mol. The maximum atomic E-state index is 13.1. The molecule has 0 saturated carbocycles. The lowest BCUT2D eigenvalue weighted by atomic mass is 10.2. The van der Waals surface area contributed by atoms with Crippen molar-refractivity contribution >= 4 is 34.3 Å². The number of methoxy groups -OCH3 is 1. The fourth-order valence-electron chi connectivity index (χ4n) is 3.66. The smallest absolute Gasteiger partial charge is 0.237 e. The van der Waals surface area contributed by atoms with Crippen LogP contribution in [0.1, 0.15) is 6.92 Å². The Morgan fingerprint density at radius 3 is 2.54 bits per heavy atom. The molecule has 0 fully saturated rings. The molecule has 35 heavy (non-hydrogen) atoms. The molecule has 9 heteroatoms. The lowest BCUT2D eigenvalue weighted by Gasteiger charge is -2.15. The van der Waals surface area contributed by atoms with E-state index in [2.05, 4.69) is 25.5 Å². The molecule has 1 unspecified atom stereocenters. The second kappa shape index (κ2) is 9.94. The number of pyridine rings is 2. The third-order valence-electron chi connectivity index (χ3n) is 5.46. The number of benzene rings is 2. The van der Waals surface area contributed by atoms with Gasteiger partial charge in [0.05, 0.1) is 23.6 Å². The highest BCUT2D eigenvalue weighted by molar-refractivity contribution is 8.00. The molecule has 174 valence electrons. The molecule has 1 atom stereocenters. The number of aromatic nitrogens is 5. The number of anilines is 1. The number of hydrogen-bond acceptors (Lipinski definition) is 7. The number of hydrogen-bond donors (Lipinski definition) is 1. The van der Waals surface area contributed by atoms with Crippen LogP contribution in [0.25, 0.3) is 28.0 Å². The molecule has 1 amide bonds. The zero-order valence-corrected chi connectivity index (χ0v) is 19.9. The summed E-state index contributed by atoms with van der Waals surface area (Å²) in [5, 5.41) is 13.0. The van der Waals surface area contributed by atoms with Crippen LogP contribution in [0.15, 0.2) is 90.5 Å². The van der Waals surface area contributed by atoms with Gasteiger partial charge in [-0.1, -0.05) is 17.8 Å². The Labute approximate surface area is 206 Å². The van der Waals surface area contributed by atoms with Gasteiger partial charge in [0.2, 0.25) is 5.91 Å². The molecular formula is C26H22N6O2S. The monoisotopic (exact) mass is 482 g/mol. The second-order valence-corrected chi connectivity index (χ2v) is 9.01. The zero-order valence-electron chi connectivity index (χ0n) is 19.1. The fourth-order valence-corrected chi connectivity index (χ4v) is 4.52. The van der Waals surface area contributed by atoms with Gasteiger partial charge in [-0.05, 0) is 67.6 Å². The third kappa shape index (κ3) is 4.71. The maximum absolute atomic E-state index is 13.1. The van der Waals surface area contributed by atoms with Gasteiger partial charge in [0, 0.05) is 35.2 Å². The van der Waals surface area contributed by atoms with Crippen molar-refractivity contribution in [2.75, 3.05) is 12.4 Å². The van der Waals surface area contributed by atoms with Crippen molar-refractivity contribution in [3.8, 4) is 22.8 Å². The van der Waals surface area contributed by atoms with E-state index in [1.54, 1.807) is 25.7 Å². The average molecular weight is 483 g/mol. The molecule has 0 aliphatic rings.